The number of hydrogen-bond donors (Lipinski definition) is 1. The third kappa shape index (κ3) is 1.50. The van der Waals surface area contributed by atoms with Crippen LogP contribution in [0.3, 0.4) is 0 Å². The van der Waals surface area contributed by atoms with Crippen LogP contribution in [0.25, 0.3) is 6.08 Å². The molecule has 1 atom stereocenters. The van der Waals surface area contributed by atoms with E-state index in [1.54, 1.807) is 0 Å². The van der Waals surface area contributed by atoms with E-state index in [0.29, 0.717) is 0 Å². The van der Waals surface area contributed by atoms with Crippen molar-refractivity contribution >= 4 is 11.9 Å². The summed E-state index contributed by atoms with van der Waals surface area (Å²) in [4.78, 5) is 12.4. The maximum absolute atomic E-state index is 12.4. The molecule has 1 N–H and O–H groups in total. The average Bonchev–Trinajstić information content (AvgIpc) is 2.46. The summed E-state index contributed by atoms with van der Waals surface area (Å²) in [6, 6.07) is 4.11. The van der Waals surface area contributed by atoms with Crippen LogP contribution in [-0.2, 0) is 16.8 Å². The molecule has 1 aromatic carbocycles. The Bertz CT molecular complexity index is 596. The lowest BCUT2D eigenvalue weighted by atomic mass is 9.64. The number of rotatable bonds is 0. The number of carbonyl (C=O) groups excluding carboxylic acids is 1. The minimum absolute atomic E-state index is 0.168. The van der Waals surface area contributed by atoms with Crippen LogP contribution < -0.4 is 0 Å². The van der Waals surface area contributed by atoms with Crippen LogP contribution in [0, 0.1) is 12.3 Å². The van der Waals surface area contributed by atoms with Crippen LogP contribution in [0.15, 0.2) is 18.2 Å². The lowest BCUT2D eigenvalue weighted by molar-refractivity contribution is -0.148. The van der Waals surface area contributed by atoms with Gasteiger partial charge in [-0.3, -0.25) is 4.79 Å². The van der Waals surface area contributed by atoms with Crippen molar-refractivity contribution in [2.75, 3.05) is 0 Å². The van der Waals surface area contributed by atoms with Gasteiger partial charge in [0, 0.05) is 11.0 Å². The van der Waals surface area contributed by atoms with Gasteiger partial charge in [-0.05, 0) is 49.0 Å². The largest absolute Gasteiger partial charge is 0.376 e. The molecule has 0 radical (unpaired) electrons. The molecule has 100 valence electrons. The van der Waals surface area contributed by atoms with Crippen molar-refractivity contribution in [1.29, 1.82) is 0 Å². The van der Waals surface area contributed by atoms with E-state index in [4.69, 9.17) is 0 Å². The maximum atomic E-state index is 12.4. The Hall–Kier alpha value is -1.41. The minimum atomic E-state index is -1.37. The summed E-state index contributed by atoms with van der Waals surface area (Å²) < 4.78 is 0. The number of hydrogen-bond acceptors (Lipinski definition) is 2. The zero-order valence-electron chi connectivity index (χ0n) is 11.8. The van der Waals surface area contributed by atoms with Crippen molar-refractivity contribution in [1.82, 2.24) is 0 Å². The van der Waals surface area contributed by atoms with Crippen molar-refractivity contribution < 1.29 is 9.90 Å². The number of aliphatic hydroxyl groups is 1. The second kappa shape index (κ2) is 3.80. The van der Waals surface area contributed by atoms with Gasteiger partial charge in [0.1, 0.15) is 0 Å². The van der Waals surface area contributed by atoms with Crippen LogP contribution in [-0.4, -0.2) is 10.9 Å². The Labute approximate surface area is 114 Å². The van der Waals surface area contributed by atoms with E-state index in [-0.39, 0.29) is 5.78 Å². The topological polar surface area (TPSA) is 37.3 Å². The summed E-state index contributed by atoms with van der Waals surface area (Å²) in [5, 5.41) is 11.3. The summed E-state index contributed by atoms with van der Waals surface area (Å²) in [7, 11) is 0. The average molecular weight is 256 g/mol. The molecule has 0 amide bonds. The highest BCUT2D eigenvalue weighted by Gasteiger charge is 2.53. The van der Waals surface area contributed by atoms with Crippen molar-refractivity contribution in [3.05, 3.63) is 40.5 Å². The fourth-order valence-corrected chi connectivity index (χ4v) is 3.63. The van der Waals surface area contributed by atoms with Gasteiger partial charge in [0.25, 0.3) is 0 Å². The Balaban J connectivity index is 2.41. The number of ketones is 1. The molecule has 0 aliphatic heterocycles. The zero-order chi connectivity index (χ0) is 13.8. The van der Waals surface area contributed by atoms with E-state index < -0.39 is 11.0 Å². The summed E-state index contributed by atoms with van der Waals surface area (Å²) in [5.74, 6) is -0.168. The normalized spacial score (nSPS) is 27.9. The van der Waals surface area contributed by atoms with E-state index in [2.05, 4.69) is 13.0 Å². The molecule has 0 fully saturated rings. The molecular formula is C17H20O2. The molecule has 2 heteroatoms. The van der Waals surface area contributed by atoms with Gasteiger partial charge < -0.3 is 5.11 Å². The highest BCUT2D eigenvalue weighted by Crippen LogP contribution is 2.51. The van der Waals surface area contributed by atoms with Crippen molar-refractivity contribution in [2.24, 2.45) is 5.41 Å². The number of aryl methyl sites for hydroxylation is 1. The molecule has 0 aromatic heterocycles. The molecule has 0 spiro atoms. The molecule has 19 heavy (non-hydrogen) atoms. The van der Waals surface area contributed by atoms with Crippen LogP contribution in [0.1, 0.15) is 48.9 Å². The second-order valence-corrected chi connectivity index (χ2v) is 6.47. The minimum Gasteiger partial charge on any atom is -0.376 e. The van der Waals surface area contributed by atoms with Crippen LogP contribution in [0.2, 0.25) is 0 Å². The molecule has 0 heterocycles. The Kier molecular flexibility index (Phi) is 2.52. The lowest BCUT2D eigenvalue weighted by Crippen LogP contribution is -2.49. The number of carbonyl (C=O) groups is 1. The lowest BCUT2D eigenvalue weighted by Gasteiger charge is -2.43. The van der Waals surface area contributed by atoms with Gasteiger partial charge in [-0.25, -0.2) is 0 Å². The third-order valence-corrected chi connectivity index (χ3v) is 4.92. The van der Waals surface area contributed by atoms with E-state index in [9.17, 15) is 9.90 Å². The predicted octanol–water partition coefficient (Wildman–Crippen LogP) is 3.14. The molecule has 3 rings (SSSR count). The van der Waals surface area contributed by atoms with E-state index >= 15 is 0 Å². The van der Waals surface area contributed by atoms with Crippen LogP contribution in [0.4, 0.5) is 0 Å². The first kappa shape index (κ1) is 12.6. The second-order valence-electron chi connectivity index (χ2n) is 6.47. The first-order valence-electron chi connectivity index (χ1n) is 6.96. The standard InChI is InChI=1S/C17H20O2/c1-11-6-7-12-8-9-14(18)17(19)15(12)13(11)5-4-10-16(17,2)3/h6-9,19H,4-5,10H2,1-3H3. The van der Waals surface area contributed by atoms with Crippen molar-refractivity contribution in [2.45, 2.75) is 45.6 Å². The summed E-state index contributed by atoms with van der Waals surface area (Å²) >= 11 is 0. The monoisotopic (exact) mass is 256 g/mol. The molecule has 1 aromatic rings. The smallest absolute Gasteiger partial charge is 0.192 e. The van der Waals surface area contributed by atoms with E-state index in [1.807, 2.05) is 26.0 Å². The summed E-state index contributed by atoms with van der Waals surface area (Å²) in [6.45, 7) is 6.08. The predicted molar refractivity (Wildman–Crippen MR) is 75.8 cm³/mol. The van der Waals surface area contributed by atoms with E-state index in [1.165, 1.54) is 17.2 Å². The fraction of sp³-hybridized carbons (Fsp3) is 0.471. The first-order valence-corrected chi connectivity index (χ1v) is 6.96. The van der Waals surface area contributed by atoms with Gasteiger partial charge in [-0.1, -0.05) is 32.1 Å². The van der Waals surface area contributed by atoms with Gasteiger partial charge in [0.15, 0.2) is 11.4 Å². The molecule has 0 saturated heterocycles. The molecular weight excluding hydrogens is 236 g/mol. The fourth-order valence-electron chi connectivity index (χ4n) is 3.63. The van der Waals surface area contributed by atoms with E-state index in [0.717, 1.165) is 30.4 Å². The molecule has 0 saturated carbocycles. The SMILES string of the molecule is Cc1ccc2c3c1CCCC(C)(C)C3(O)C(=O)C=C2. The zero-order valence-corrected chi connectivity index (χ0v) is 11.8. The molecule has 2 aliphatic rings. The Morgan fingerprint density at radius 2 is 1.95 bits per heavy atom. The van der Waals surface area contributed by atoms with Crippen molar-refractivity contribution in [3.8, 4) is 0 Å². The van der Waals surface area contributed by atoms with Gasteiger partial charge >= 0.3 is 0 Å². The first-order chi connectivity index (χ1) is 8.88. The van der Waals surface area contributed by atoms with Gasteiger partial charge in [0.2, 0.25) is 0 Å². The number of benzene rings is 1. The molecule has 0 bridgehead atoms. The Morgan fingerprint density at radius 3 is 2.68 bits per heavy atom. The summed E-state index contributed by atoms with van der Waals surface area (Å²) in [5.41, 5.74) is 2.42. The molecule has 2 nitrogen and oxygen atoms in total. The van der Waals surface area contributed by atoms with Gasteiger partial charge in [0.05, 0.1) is 0 Å². The Morgan fingerprint density at radius 1 is 1.21 bits per heavy atom. The quantitative estimate of drug-likeness (QED) is 0.774. The third-order valence-electron chi connectivity index (χ3n) is 4.92. The maximum Gasteiger partial charge on any atom is 0.192 e. The van der Waals surface area contributed by atoms with Crippen LogP contribution >= 0.6 is 0 Å². The highest BCUT2D eigenvalue weighted by atomic mass is 16.3. The molecule has 2 aliphatic carbocycles. The molecule has 1 unspecified atom stereocenters. The summed E-state index contributed by atoms with van der Waals surface area (Å²) in [6.07, 6.45) is 6.20. The van der Waals surface area contributed by atoms with Crippen LogP contribution in [0.5, 0.6) is 0 Å². The van der Waals surface area contributed by atoms with Crippen molar-refractivity contribution in [3.63, 3.8) is 0 Å². The van der Waals surface area contributed by atoms with Gasteiger partial charge in [-0.15, -0.1) is 0 Å². The van der Waals surface area contributed by atoms with Gasteiger partial charge in [-0.2, -0.15) is 0 Å². The highest BCUT2D eigenvalue weighted by molar-refractivity contribution is 6.05.